The summed E-state index contributed by atoms with van der Waals surface area (Å²) in [6.07, 6.45) is 0.374. The van der Waals surface area contributed by atoms with Crippen LogP contribution >= 0.6 is 0 Å². The highest BCUT2D eigenvalue weighted by Gasteiger charge is 2.25. The normalized spacial score (nSPS) is 17.2. The predicted molar refractivity (Wildman–Crippen MR) is 118 cm³/mol. The number of hydrogen-bond donors (Lipinski definition) is 4. The van der Waals surface area contributed by atoms with Crippen molar-refractivity contribution in [3.63, 3.8) is 0 Å². The SMILES string of the molecule is O=C(O)COc1cccc(C(CN2CCC(O)C2)NC(=O)Cc2ccc3oc(=O)[nH]c3c2)c1. The molecule has 1 aliphatic heterocycles. The van der Waals surface area contributed by atoms with Crippen LogP contribution in [0.1, 0.15) is 23.6 Å². The molecule has 2 heterocycles. The molecule has 0 bridgehead atoms. The van der Waals surface area contributed by atoms with E-state index in [1.165, 1.54) is 0 Å². The summed E-state index contributed by atoms with van der Waals surface area (Å²) in [6.45, 7) is 1.26. The summed E-state index contributed by atoms with van der Waals surface area (Å²) in [5, 5.41) is 21.8. The van der Waals surface area contributed by atoms with Crippen molar-refractivity contribution in [1.29, 1.82) is 0 Å². The van der Waals surface area contributed by atoms with Crippen LogP contribution in [0.2, 0.25) is 0 Å². The lowest BCUT2D eigenvalue weighted by Gasteiger charge is -2.25. The van der Waals surface area contributed by atoms with Gasteiger partial charge in [0.1, 0.15) is 5.75 Å². The molecule has 4 N–H and O–H groups in total. The van der Waals surface area contributed by atoms with Crippen LogP contribution < -0.4 is 15.8 Å². The van der Waals surface area contributed by atoms with E-state index in [-0.39, 0.29) is 12.3 Å². The number of β-amino-alcohol motifs (C(OH)–C–C–N with tert-alkyl or cyclic N) is 1. The summed E-state index contributed by atoms with van der Waals surface area (Å²) >= 11 is 0. The number of carbonyl (C=O) groups excluding carboxylic acids is 1. The Morgan fingerprint density at radius 1 is 1.27 bits per heavy atom. The van der Waals surface area contributed by atoms with E-state index in [2.05, 4.69) is 15.2 Å². The zero-order chi connectivity index (χ0) is 23.4. The first-order valence-electron chi connectivity index (χ1n) is 10.6. The molecule has 33 heavy (non-hydrogen) atoms. The largest absolute Gasteiger partial charge is 0.482 e. The van der Waals surface area contributed by atoms with E-state index in [9.17, 15) is 19.5 Å². The molecule has 1 aliphatic rings. The highest BCUT2D eigenvalue weighted by atomic mass is 16.5. The van der Waals surface area contributed by atoms with Crippen molar-refractivity contribution in [2.45, 2.75) is 25.0 Å². The summed E-state index contributed by atoms with van der Waals surface area (Å²) in [5.74, 6) is -1.46. The van der Waals surface area contributed by atoms with Gasteiger partial charge < -0.3 is 24.7 Å². The number of nitrogens with one attached hydrogen (secondary N) is 2. The fourth-order valence-electron chi connectivity index (χ4n) is 3.98. The molecule has 2 atom stereocenters. The molecular formula is C23H25N3O7. The Labute approximate surface area is 188 Å². The van der Waals surface area contributed by atoms with E-state index >= 15 is 0 Å². The first-order valence-corrected chi connectivity index (χ1v) is 10.6. The minimum Gasteiger partial charge on any atom is -0.482 e. The van der Waals surface area contributed by atoms with E-state index in [0.29, 0.717) is 48.5 Å². The minimum atomic E-state index is -1.08. The Hall–Kier alpha value is -3.63. The quantitative estimate of drug-likeness (QED) is 0.375. The van der Waals surface area contributed by atoms with Crippen molar-refractivity contribution in [3.05, 3.63) is 64.1 Å². The van der Waals surface area contributed by atoms with Crippen molar-refractivity contribution in [3.8, 4) is 5.75 Å². The maximum atomic E-state index is 12.9. The van der Waals surface area contributed by atoms with Crippen molar-refractivity contribution < 1.29 is 29.0 Å². The van der Waals surface area contributed by atoms with E-state index in [4.69, 9.17) is 14.3 Å². The van der Waals surface area contributed by atoms with E-state index in [1.807, 2.05) is 6.07 Å². The maximum absolute atomic E-state index is 12.9. The van der Waals surface area contributed by atoms with Gasteiger partial charge in [0.15, 0.2) is 12.2 Å². The third kappa shape index (κ3) is 5.99. The summed E-state index contributed by atoms with van der Waals surface area (Å²) in [4.78, 5) is 39.7. The van der Waals surface area contributed by atoms with Crippen molar-refractivity contribution in [2.75, 3.05) is 26.2 Å². The highest BCUT2D eigenvalue weighted by Crippen LogP contribution is 2.23. The Bertz CT molecular complexity index is 1200. The number of benzene rings is 2. The van der Waals surface area contributed by atoms with E-state index in [0.717, 1.165) is 5.56 Å². The third-order valence-electron chi connectivity index (χ3n) is 5.49. The smallest absolute Gasteiger partial charge is 0.417 e. The lowest BCUT2D eigenvalue weighted by Crippen LogP contribution is -2.38. The second-order valence-electron chi connectivity index (χ2n) is 8.10. The number of ether oxygens (including phenoxy) is 1. The van der Waals surface area contributed by atoms with Gasteiger partial charge in [0.2, 0.25) is 5.91 Å². The molecule has 2 aromatic carbocycles. The Morgan fingerprint density at radius 3 is 2.88 bits per heavy atom. The van der Waals surface area contributed by atoms with Gasteiger partial charge in [0, 0.05) is 19.6 Å². The molecule has 1 saturated heterocycles. The third-order valence-corrected chi connectivity index (χ3v) is 5.49. The van der Waals surface area contributed by atoms with Gasteiger partial charge in [-0.05, 0) is 41.8 Å². The molecule has 0 spiro atoms. The number of aliphatic carboxylic acids is 1. The molecule has 4 rings (SSSR count). The standard InChI is InChI=1S/C23H25N3O7/c27-16-6-7-26(11-16)12-19(15-2-1-3-17(10-15)32-13-22(29)30)24-21(28)9-14-4-5-20-18(8-14)25-23(31)33-20/h1-5,8,10,16,19,27H,6-7,9,11-13H2,(H,24,28)(H,25,31)(H,29,30). The Balaban J connectivity index is 1.49. The molecule has 0 radical (unpaired) electrons. The van der Waals surface area contributed by atoms with Gasteiger partial charge >= 0.3 is 11.7 Å². The summed E-state index contributed by atoms with van der Waals surface area (Å²) < 4.78 is 10.3. The van der Waals surface area contributed by atoms with E-state index < -0.39 is 30.5 Å². The molecule has 3 aromatic rings. The molecular weight excluding hydrogens is 430 g/mol. The molecule has 10 nitrogen and oxygen atoms in total. The number of aliphatic hydroxyl groups is 1. The van der Waals surface area contributed by atoms with Gasteiger partial charge in [-0.25, -0.2) is 9.59 Å². The number of carbonyl (C=O) groups is 2. The fourth-order valence-corrected chi connectivity index (χ4v) is 3.98. The monoisotopic (exact) mass is 455 g/mol. The number of hydrogen-bond acceptors (Lipinski definition) is 7. The van der Waals surface area contributed by atoms with E-state index in [1.54, 1.807) is 36.4 Å². The number of rotatable bonds is 9. The number of carboxylic acid groups (broad SMARTS) is 1. The lowest BCUT2D eigenvalue weighted by molar-refractivity contribution is -0.139. The first kappa shape index (κ1) is 22.6. The molecule has 0 aliphatic carbocycles. The van der Waals surface area contributed by atoms with Crippen LogP contribution in [0.4, 0.5) is 0 Å². The number of fused-ring (bicyclic) bond motifs is 1. The number of H-pyrrole nitrogens is 1. The molecule has 2 unspecified atom stereocenters. The summed E-state index contributed by atoms with van der Waals surface area (Å²) in [6, 6.07) is 11.6. The number of aromatic nitrogens is 1. The van der Waals surface area contributed by atoms with Gasteiger partial charge in [0.25, 0.3) is 0 Å². The maximum Gasteiger partial charge on any atom is 0.417 e. The highest BCUT2D eigenvalue weighted by molar-refractivity contribution is 5.81. The van der Waals surface area contributed by atoms with Crippen LogP contribution in [0, 0.1) is 0 Å². The zero-order valence-electron chi connectivity index (χ0n) is 17.8. The molecule has 1 fully saturated rings. The molecule has 0 saturated carbocycles. The number of amides is 1. The van der Waals surface area contributed by atoms with Crippen LogP contribution in [0.3, 0.4) is 0 Å². The second kappa shape index (κ2) is 9.88. The van der Waals surface area contributed by atoms with Crippen LogP contribution in [0.15, 0.2) is 51.7 Å². The first-order chi connectivity index (χ1) is 15.9. The van der Waals surface area contributed by atoms with Crippen molar-refractivity contribution >= 4 is 23.0 Å². The average Bonchev–Trinajstić information content (AvgIpc) is 3.35. The molecule has 174 valence electrons. The van der Waals surface area contributed by atoms with Gasteiger partial charge in [-0.15, -0.1) is 0 Å². The number of aliphatic hydroxyl groups excluding tert-OH is 1. The average molecular weight is 455 g/mol. The number of carboxylic acids is 1. The molecule has 1 aromatic heterocycles. The van der Waals surface area contributed by atoms with Crippen molar-refractivity contribution in [1.82, 2.24) is 15.2 Å². The second-order valence-corrected chi connectivity index (χ2v) is 8.10. The molecule has 1 amide bonds. The molecule has 10 heteroatoms. The summed E-state index contributed by atoms with van der Waals surface area (Å²) in [7, 11) is 0. The number of likely N-dealkylation sites (tertiary alicyclic amines) is 1. The topological polar surface area (TPSA) is 145 Å². The van der Waals surface area contributed by atoms with Crippen molar-refractivity contribution in [2.24, 2.45) is 0 Å². The van der Waals surface area contributed by atoms with Crippen LogP contribution in [-0.2, 0) is 16.0 Å². The number of aromatic amines is 1. The van der Waals surface area contributed by atoms with Gasteiger partial charge in [0.05, 0.1) is 24.1 Å². The van der Waals surface area contributed by atoms with Gasteiger partial charge in [-0.1, -0.05) is 18.2 Å². The zero-order valence-corrected chi connectivity index (χ0v) is 17.8. The Kier molecular flexibility index (Phi) is 6.76. The van der Waals surface area contributed by atoms with Crippen LogP contribution in [0.25, 0.3) is 11.1 Å². The minimum absolute atomic E-state index is 0.0947. The number of nitrogens with zero attached hydrogens (tertiary/aromatic N) is 1. The Morgan fingerprint density at radius 2 is 2.12 bits per heavy atom. The fraction of sp³-hybridized carbons (Fsp3) is 0.348. The predicted octanol–water partition coefficient (Wildman–Crippen LogP) is 1.05. The van der Waals surface area contributed by atoms with Gasteiger partial charge in [-0.2, -0.15) is 0 Å². The van der Waals surface area contributed by atoms with Crippen LogP contribution in [0.5, 0.6) is 5.75 Å². The number of oxazole rings is 1. The van der Waals surface area contributed by atoms with Gasteiger partial charge in [-0.3, -0.25) is 14.7 Å². The lowest BCUT2D eigenvalue weighted by atomic mass is 10.0. The summed E-state index contributed by atoms with van der Waals surface area (Å²) in [5.41, 5.74) is 2.43. The van der Waals surface area contributed by atoms with Crippen LogP contribution in [-0.4, -0.2) is 64.3 Å².